The maximum Gasteiger partial charge on any atom is 0.163 e. The molecule has 0 spiro atoms. The first-order valence-corrected chi connectivity index (χ1v) is 5.38. The molecule has 0 amide bonds. The number of hydrogen-bond donors (Lipinski definition) is 0. The third kappa shape index (κ3) is 3.19. The van der Waals surface area contributed by atoms with Crippen molar-refractivity contribution in [3.05, 3.63) is 67.5 Å². The maximum atomic E-state index is 11.7. The Morgan fingerprint density at radius 3 is 2.71 bits per heavy atom. The van der Waals surface area contributed by atoms with Crippen LogP contribution < -0.4 is 4.74 Å². The summed E-state index contributed by atoms with van der Waals surface area (Å²) in [7, 11) is 1.62. The second-order valence-corrected chi connectivity index (χ2v) is 3.65. The van der Waals surface area contributed by atoms with E-state index < -0.39 is 0 Å². The lowest BCUT2D eigenvalue weighted by molar-refractivity contribution is -0.112. The van der Waals surface area contributed by atoms with Crippen molar-refractivity contribution >= 4 is 11.9 Å². The number of allylic oxidation sites excluding steroid dienone is 1. The van der Waals surface area contributed by atoms with E-state index in [0.29, 0.717) is 5.92 Å². The van der Waals surface area contributed by atoms with Gasteiger partial charge >= 0.3 is 0 Å². The zero-order valence-corrected chi connectivity index (χ0v) is 9.59. The van der Waals surface area contributed by atoms with Gasteiger partial charge in [-0.05, 0) is 49.5 Å². The molecule has 1 aromatic carbocycles. The van der Waals surface area contributed by atoms with Gasteiger partial charge in [0, 0.05) is 0 Å². The molecule has 1 aliphatic carbocycles. The van der Waals surface area contributed by atoms with Gasteiger partial charge in [-0.1, -0.05) is 18.2 Å². The van der Waals surface area contributed by atoms with Crippen LogP contribution in [0.4, 0.5) is 0 Å². The summed E-state index contributed by atoms with van der Waals surface area (Å²) in [5, 5.41) is 0. The van der Waals surface area contributed by atoms with Crippen LogP contribution in [0.15, 0.2) is 30.3 Å². The Bertz CT molecular complexity index is 415. The molecule has 1 aromatic rings. The minimum Gasteiger partial charge on any atom is -0.497 e. The quantitative estimate of drug-likeness (QED) is 0.736. The molecular weight excluding hydrogens is 212 g/mol. The Labute approximate surface area is 102 Å². The highest BCUT2D eigenvalue weighted by atomic mass is 16.5. The van der Waals surface area contributed by atoms with Crippen molar-refractivity contribution in [3.63, 3.8) is 0 Å². The van der Waals surface area contributed by atoms with Crippen LogP contribution in [0.2, 0.25) is 0 Å². The van der Waals surface area contributed by atoms with Crippen molar-refractivity contribution in [2.24, 2.45) is 0 Å². The highest BCUT2D eigenvalue weighted by Crippen LogP contribution is 2.24. The van der Waals surface area contributed by atoms with Crippen molar-refractivity contribution in [2.75, 3.05) is 7.11 Å². The molecule has 0 saturated heterocycles. The van der Waals surface area contributed by atoms with Gasteiger partial charge in [0.2, 0.25) is 0 Å². The normalized spacial score (nSPS) is 16.5. The number of ether oxygens (including phenoxy) is 1. The summed E-state index contributed by atoms with van der Waals surface area (Å²) in [5.41, 5.74) is 0.948. The number of hydrogen-bond acceptors (Lipinski definition) is 2. The molecule has 0 unspecified atom stereocenters. The van der Waals surface area contributed by atoms with E-state index in [1.165, 1.54) is 0 Å². The SMILES string of the molecule is COc1cccc(/C=C/C(=O)[C]2[CH][CH][CH][CH]2)c1. The highest BCUT2D eigenvalue weighted by Gasteiger charge is 2.22. The van der Waals surface area contributed by atoms with Crippen molar-refractivity contribution in [1.29, 1.82) is 0 Å². The molecule has 85 valence electrons. The average Bonchev–Trinajstić information content (AvgIpc) is 2.90. The Kier molecular flexibility index (Phi) is 3.97. The molecule has 2 heteroatoms. The van der Waals surface area contributed by atoms with E-state index in [0.717, 1.165) is 11.3 Å². The summed E-state index contributed by atoms with van der Waals surface area (Å²) >= 11 is 0. The van der Waals surface area contributed by atoms with Crippen molar-refractivity contribution in [2.45, 2.75) is 0 Å². The molecule has 0 aliphatic heterocycles. The van der Waals surface area contributed by atoms with Gasteiger partial charge in [0.05, 0.1) is 13.0 Å². The van der Waals surface area contributed by atoms with Gasteiger partial charge in [-0.25, -0.2) is 0 Å². The molecule has 17 heavy (non-hydrogen) atoms. The Hall–Kier alpha value is -1.57. The largest absolute Gasteiger partial charge is 0.497 e. The van der Waals surface area contributed by atoms with Crippen LogP contribution in [0.5, 0.6) is 5.75 Å². The molecule has 2 nitrogen and oxygen atoms in total. The van der Waals surface area contributed by atoms with E-state index in [2.05, 4.69) is 0 Å². The van der Waals surface area contributed by atoms with Gasteiger partial charge in [-0.15, -0.1) is 0 Å². The Morgan fingerprint density at radius 2 is 2.00 bits per heavy atom. The zero-order chi connectivity index (χ0) is 12.1. The van der Waals surface area contributed by atoms with Crippen LogP contribution in [0.3, 0.4) is 0 Å². The lowest BCUT2D eigenvalue weighted by atomic mass is 10.0. The van der Waals surface area contributed by atoms with Crippen molar-refractivity contribution in [1.82, 2.24) is 0 Å². The highest BCUT2D eigenvalue weighted by molar-refractivity contribution is 6.07. The number of benzene rings is 1. The first-order chi connectivity index (χ1) is 8.29. The number of carbonyl (C=O) groups is 1. The molecule has 0 bridgehead atoms. The molecule has 1 aliphatic rings. The summed E-state index contributed by atoms with van der Waals surface area (Å²) in [4.78, 5) is 11.7. The predicted molar refractivity (Wildman–Crippen MR) is 67.5 cm³/mol. The minimum atomic E-state index is 0.0119. The maximum absolute atomic E-state index is 11.7. The van der Waals surface area contributed by atoms with Crippen LogP contribution in [0.1, 0.15) is 5.56 Å². The van der Waals surface area contributed by atoms with Crippen LogP contribution in [-0.2, 0) is 4.79 Å². The third-order valence-electron chi connectivity index (χ3n) is 2.47. The summed E-state index contributed by atoms with van der Waals surface area (Å²) in [6, 6.07) is 7.58. The molecule has 1 fully saturated rings. The van der Waals surface area contributed by atoms with Crippen LogP contribution >= 0.6 is 0 Å². The second kappa shape index (κ2) is 5.67. The van der Waals surface area contributed by atoms with E-state index in [4.69, 9.17) is 4.74 Å². The predicted octanol–water partition coefficient (Wildman–Crippen LogP) is 2.68. The van der Waals surface area contributed by atoms with Crippen molar-refractivity contribution < 1.29 is 9.53 Å². The molecule has 2 rings (SSSR count). The third-order valence-corrected chi connectivity index (χ3v) is 2.47. The summed E-state index contributed by atoms with van der Waals surface area (Å²) in [6.07, 6.45) is 10.7. The van der Waals surface area contributed by atoms with E-state index in [1.54, 1.807) is 32.1 Å². The lowest BCUT2D eigenvalue weighted by Gasteiger charge is -2.02. The topological polar surface area (TPSA) is 26.3 Å². The van der Waals surface area contributed by atoms with Gasteiger partial charge in [-0.2, -0.15) is 0 Å². The molecule has 1 saturated carbocycles. The minimum absolute atomic E-state index is 0.0119. The van der Waals surface area contributed by atoms with Crippen LogP contribution in [-0.4, -0.2) is 12.9 Å². The zero-order valence-electron chi connectivity index (χ0n) is 9.59. The first kappa shape index (κ1) is 11.9. The number of carbonyl (C=O) groups excluding carboxylic acids is 1. The van der Waals surface area contributed by atoms with Crippen LogP contribution in [0, 0.1) is 31.6 Å². The fourth-order valence-electron chi connectivity index (χ4n) is 1.55. The van der Waals surface area contributed by atoms with Gasteiger partial charge in [-0.3, -0.25) is 4.79 Å². The Morgan fingerprint density at radius 1 is 1.24 bits per heavy atom. The van der Waals surface area contributed by atoms with Gasteiger partial charge < -0.3 is 4.74 Å². The Balaban J connectivity index is 2.01. The molecule has 0 heterocycles. The molecule has 0 N–H and O–H groups in total. The number of methoxy groups -OCH3 is 1. The molecule has 0 atom stereocenters. The summed E-state index contributed by atoms with van der Waals surface area (Å²) < 4.78 is 5.12. The molecule has 5 radical (unpaired) electrons. The van der Waals surface area contributed by atoms with E-state index in [-0.39, 0.29) is 5.78 Å². The van der Waals surface area contributed by atoms with Crippen LogP contribution in [0.25, 0.3) is 6.08 Å². The smallest absolute Gasteiger partial charge is 0.163 e. The average molecular weight is 225 g/mol. The van der Waals surface area contributed by atoms with E-state index in [9.17, 15) is 4.79 Å². The number of ketones is 1. The second-order valence-electron chi connectivity index (χ2n) is 3.65. The monoisotopic (exact) mass is 225 g/mol. The fraction of sp³-hybridized carbons (Fsp3) is 0.0667. The standard InChI is InChI=1S/C15H13O2/c1-17-14-8-4-5-12(11-14)9-10-15(16)13-6-2-3-7-13/h2-11H,1H3/b10-9+. The number of rotatable bonds is 4. The van der Waals surface area contributed by atoms with E-state index >= 15 is 0 Å². The first-order valence-electron chi connectivity index (χ1n) is 5.38. The lowest BCUT2D eigenvalue weighted by Crippen LogP contribution is -2.05. The molecule has 0 aromatic heterocycles. The van der Waals surface area contributed by atoms with Gasteiger partial charge in [0.1, 0.15) is 5.75 Å². The van der Waals surface area contributed by atoms with Crippen molar-refractivity contribution in [3.8, 4) is 5.75 Å². The fourth-order valence-corrected chi connectivity index (χ4v) is 1.55. The summed E-state index contributed by atoms with van der Waals surface area (Å²) in [5.74, 6) is 1.51. The molecular formula is C15H13O2. The van der Waals surface area contributed by atoms with E-state index in [1.807, 2.05) is 37.1 Å². The van der Waals surface area contributed by atoms with Gasteiger partial charge in [0.25, 0.3) is 0 Å². The summed E-state index contributed by atoms with van der Waals surface area (Å²) in [6.45, 7) is 0. The van der Waals surface area contributed by atoms with Gasteiger partial charge in [0.15, 0.2) is 5.78 Å².